The van der Waals surface area contributed by atoms with Crippen LogP contribution in [0, 0.1) is 11.3 Å². The Morgan fingerprint density at radius 2 is 1.79 bits per heavy atom. The molecule has 0 aliphatic heterocycles. The van der Waals surface area contributed by atoms with Crippen molar-refractivity contribution >= 4 is 46.1 Å². The number of hydrogen-bond acceptors (Lipinski definition) is 4. The first-order valence-electron chi connectivity index (χ1n) is 13.6. The smallest absolute Gasteiger partial charge is 0.335 e. The molecule has 0 saturated heterocycles. The second-order valence-corrected chi connectivity index (χ2v) is 12.0. The molecule has 8 heteroatoms. The number of rotatable bonds is 8. The number of benzene rings is 4. The average Bonchev–Trinajstić information content (AvgIpc) is 3.78. The number of halogens is 1. The Kier molecular flexibility index (Phi) is 7.51. The molecule has 0 radical (unpaired) electrons. The molecule has 1 fully saturated rings. The molecule has 5 aromatic rings. The minimum Gasteiger partial charge on any atom is -0.478 e. The third-order valence-electron chi connectivity index (χ3n) is 7.44. The van der Waals surface area contributed by atoms with Gasteiger partial charge in [-0.2, -0.15) is 5.26 Å². The van der Waals surface area contributed by atoms with Crippen LogP contribution in [-0.4, -0.2) is 21.6 Å². The number of amides is 1. The highest BCUT2D eigenvalue weighted by Crippen LogP contribution is 2.45. The summed E-state index contributed by atoms with van der Waals surface area (Å²) in [5.74, 6) is -1.24. The van der Waals surface area contributed by atoms with E-state index in [1.165, 1.54) is 12.1 Å². The molecule has 2 N–H and O–H groups in total. The van der Waals surface area contributed by atoms with Crippen LogP contribution >= 0.6 is 23.4 Å². The maximum absolute atomic E-state index is 14.1. The Hall–Kier alpha value is -4.51. The monoisotopic (exact) mass is 591 g/mol. The lowest BCUT2D eigenvalue weighted by Crippen LogP contribution is -2.27. The number of hydrogen-bond donors (Lipinski definition) is 2. The van der Waals surface area contributed by atoms with Gasteiger partial charge in [0.15, 0.2) is 0 Å². The van der Waals surface area contributed by atoms with Gasteiger partial charge in [-0.3, -0.25) is 4.79 Å². The van der Waals surface area contributed by atoms with Gasteiger partial charge in [0.05, 0.1) is 34.3 Å². The first-order valence-corrected chi connectivity index (χ1v) is 14.8. The van der Waals surface area contributed by atoms with E-state index >= 15 is 0 Å². The van der Waals surface area contributed by atoms with Crippen molar-refractivity contribution in [1.29, 1.82) is 5.26 Å². The quantitative estimate of drug-likeness (QED) is 0.189. The molecule has 6 nitrogen and oxygen atoms in total. The van der Waals surface area contributed by atoms with E-state index in [1.54, 1.807) is 30.0 Å². The first kappa shape index (κ1) is 27.6. The SMILES string of the molecule is C[C@H](NC(=O)c1cc(-c2cccc(C#N)c2)cc2c1c(Sc1cccc(Cl)c1)cn2C1CC1)c1ccc(C(=O)O)cc1. The summed E-state index contributed by atoms with van der Waals surface area (Å²) in [4.78, 5) is 27.3. The van der Waals surface area contributed by atoms with Gasteiger partial charge >= 0.3 is 5.97 Å². The number of carbonyl (C=O) groups excluding carboxylic acids is 1. The topological polar surface area (TPSA) is 95.1 Å². The fraction of sp³-hybridized carbons (Fsp3) is 0.147. The van der Waals surface area contributed by atoms with Crippen molar-refractivity contribution in [3.63, 3.8) is 0 Å². The summed E-state index contributed by atoms with van der Waals surface area (Å²) >= 11 is 7.87. The van der Waals surface area contributed by atoms with Crippen LogP contribution in [0.25, 0.3) is 22.0 Å². The van der Waals surface area contributed by atoms with Crippen molar-refractivity contribution in [2.75, 3.05) is 0 Å². The largest absolute Gasteiger partial charge is 0.478 e. The van der Waals surface area contributed by atoms with Crippen LogP contribution in [-0.2, 0) is 0 Å². The number of aromatic carboxylic acids is 1. The predicted octanol–water partition coefficient (Wildman–Crippen LogP) is 8.51. The number of carboxylic acid groups (broad SMARTS) is 1. The van der Waals surface area contributed by atoms with Gasteiger partial charge in [0.2, 0.25) is 0 Å². The van der Waals surface area contributed by atoms with Crippen LogP contribution in [0.3, 0.4) is 0 Å². The van der Waals surface area contributed by atoms with E-state index in [1.807, 2.05) is 55.5 Å². The lowest BCUT2D eigenvalue weighted by atomic mass is 9.98. The van der Waals surface area contributed by atoms with Crippen LogP contribution in [0.1, 0.15) is 63.7 Å². The summed E-state index contributed by atoms with van der Waals surface area (Å²) in [5, 5.41) is 23.4. The van der Waals surface area contributed by atoms with Gasteiger partial charge in [-0.25, -0.2) is 4.79 Å². The van der Waals surface area contributed by atoms with Crippen molar-refractivity contribution in [2.45, 2.75) is 41.6 Å². The summed E-state index contributed by atoms with van der Waals surface area (Å²) in [7, 11) is 0. The molecular formula is C34H26ClN3O3S. The summed E-state index contributed by atoms with van der Waals surface area (Å²) in [6, 6.07) is 27.8. The first-order chi connectivity index (χ1) is 20.3. The number of nitrogens with one attached hydrogen (secondary N) is 1. The number of nitriles is 1. The van der Waals surface area contributed by atoms with Crippen molar-refractivity contribution in [1.82, 2.24) is 9.88 Å². The number of nitrogens with zero attached hydrogens (tertiary/aromatic N) is 2. The number of aromatic nitrogens is 1. The van der Waals surface area contributed by atoms with E-state index in [0.717, 1.165) is 50.2 Å². The third-order valence-corrected chi connectivity index (χ3v) is 8.69. The van der Waals surface area contributed by atoms with E-state index in [-0.39, 0.29) is 17.5 Å². The Balaban J connectivity index is 1.48. The Labute approximate surface area is 252 Å². The highest BCUT2D eigenvalue weighted by Gasteiger charge is 2.29. The molecular weight excluding hydrogens is 566 g/mol. The second-order valence-electron chi connectivity index (χ2n) is 10.4. The zero-order valence-electron chi connectivity index (χ0n) is 22.7. The molecule has 0 unspecified atom stereocenters. The molecule has 1 aliphatic rings. The molecule has 0 spiro atoms. The molecule has 1 atom stereocenters. The maximum atomic E-state index is 14.1. The molecule has 1 amide bonds. The summed E-state index contributed by atoms with van der Waals surface area (Å²) in [5.41, 5.74) is 4.74. The van der Waals surface area contributed by atoms with E-state index in [2.05, 4.69) is 28.2 Å². The zero-order chi connectivity index (χ0) is 29.4. The van der Waals surface area contributed by atoms with Gasteiger partial charge in [0, 0.05) is 32.4 Å². The van der Waals surface area contributed by atoms with Gasteiger partial charge in [0.25, 0.3) is 5.91 Å². The average molecular weight is 592 g/mol. The van der Waals surface area contributed by atoms with E-state index in [0.29, 0.717) is 22.2 Å². The van der Waals surface area contributed by atoms with Crippen LogP contribution in [0.2, 0.25) is 5.02 Å². The zero-order valence-corrected chi connectivity index (χ0v) is 24.2. The van der Waals surface area contributed by atoms with Gasteiger partial charge < -0.3 is 15.0 Å². The molecule has 6 rings (SSSR count). The predicted molar refractivity (Wildman–Crippen MR) is 165 cm³/mol. The molecule has 4 aromatic carbocycles. The highest BCUT2D eigenvalue weighted by atomic mass is 35.5. The minimum atomic E-state index is -0.997. The Morgan fingerprint density at radius 3 is 2.48 bits per heavy atom. The number of fused-ring (bicyclic) bond motifs is 1. The fourth-order valence-electron chi connectivity index (χ4n) is 5.13. The van der Waals surface area contributed by atoms with Gasteiger partial charge in [-0.1, -0.05) is 53.7 Å². The molecule has 1 aliphatic carbocycles. The van der Waals surface area contributed by atoms with Crippen LogP contribution in [0.15, 0.2) is 101 Å². The van der Waals surface area contributed by atoms with Crippen LogP contribution in [0.4, 0.5) is 0 Å². The van der Waals surface area contributed by atoms with E-state index in [4.69, 9.17) is 11.6 Å². The molecule has 0 bridgehead atoms. The van der Waals surface area contributed by atoms with Crippen molar-refractivity contribution in [3.05, 3.63) is 118 Å². The summed E-state index contributed by atoms with van der Waals surface area (Å²) in [6.45, 7) is 1.88. The lowest BCUT2D eigenvalue weighted by molar-refractivity contribution is 0.0696. The number of carboxylic acids is 1. The Morgan fingerprint density at radius 1 is 1.02 bits per heavy atom. The van der Waals surface area contributed by atoms with Gasteiger partial charge in [0.1, 0.15) is 0 Å². The van der Waals surface area contributed by atoms with Crippen LogP contribution < -0.4 is 5.32 Å². The maximum Gasteiger partial charge on any atom is 0.335 e. The van der Waals surface area contributed by atoms with Crippen molar-refractivity contribution in [3.8, 4) is 17.2 Å². The molecule has 1 saturated carbocycles. The normalized spacial score (nSPS) is 13.5. The lowest BCUT2D eigenvalue weighted by Gasteiger charge is -2.17. The molecule has 1 aromatic heterocycles. The van der Waals surface area contributed by atoms with Crippen LogP contribution in [0.5, 0.6) is 0 Å². The van der Waals surface area contributed by atoms with Gasteiger partial charge in [-0.15, -0.1) is 0 Å². The van der Waals surface area contributed by atoms with Crippen molar-refractivity contribution < 1.29 is 14.7 Å². The summed E-state index contributed by atoms with van der Waals surface area (Å²) < 4.78 is 2.27. The molecule has 208 valence electrons. The third kappa shape index (κ3) is 5.64. The number of carbonyl (C=O) groups is 2. The molecule has 1 heterocycles. The fourth-order valence-corrected chi connectivity index (χ4v) is 6.45. The molecule has 42 heavy (non-hydrogen) atoms. The second kappa shape index (κ2) is 11.4. The highest BCUT2D eigenvalue weighted by molar-refractivity contribution is 7.99. The van der Waals surface area contributed by atoms with E-state index < -0.39 is 5.97 Å². The Bertz CT molecular complexity index is 1890. The summed E-state index contributed by atoms with van der Waals surface area (Å²) in [6.07, 6.45) is 4.28. The van der Waals surface area contributed by atoms with E-state index in [9.17, 15) is 20.0 Å². The van der Waals surface area contributed by atoms with Gasteiger partial charge in [-0.05, 0) is 91.1 Å². The minimum absolute atomic E-state index is 0.190. The van der Waals surface area contributed by atoms with Crippen molar-refractivity contribution in [2.24, 2.45) is 0 Å². The standard InChI is InChI=1S/C34H26ClN3O3S/c1-20(22-8-10-23(11-9-22)34(40)41)37-33(39)29-15-25(24-5-2-4-21(14-24)18-36)16-30-32(29)31(19-38(30)27-12-13-27)42-28-7-3-6-26(35)17-28/h2-11,14-17,19-20,27H,12-13H2,1H3,(H,37,39)(H,40,41)/t20-/m0/s1.